The molecule has 0 radical (unpaired) electrons. The summed E-state index contributed by atoms with van der Waals surface area (Å²) in [5, 5.41) is 6.87. The summed E-state index contributed by atoms with van der Waals surface area (Å²) in [5.41, 5.74) is 5.04. The first-order chi connectivity index (χ1) is 16.0. The van der Waals surface area contributed by atoms with Gasteiger partial charge in [-0.2, -0.15) is 5.10 Å². The fourth-order valence-electron chi connectivity index (χ4n) is 2.87. The van der Waals surface area contributed by atoms with Crippen molar-refractivity contribution in [1.29, 1.82) is 0 Å². The highest BCUT2D eigenvalue weighted by atomic mass is 35.5. The summed E-state index contributed by atoms with van der Waals surface area (Å²) in [6.45, 7) is 4.49. The molecule has 0 spiro atoms. The maximum Gasteiger partial charge on any atom is 0.329 e. The summed E-state index contributed by atoms with van der Waals surface area (Å²) in [5.74, 6) is -0.605. The Morgan fingerprint density at radius 3 is 2.52 bits per heavy atom. The van der Waals surface area contributed by atoms with Crippen molar-refractivity contribution in [2.24, 2.45) is 5.10 Å². The largest absolute Gasteiger partial charge is 0.490 e. The average molecular weight is 466 g/mol. The lowest BCUT2D eigenvalue weighted by atomic mass is 10.2. The van der Waals surface area contributed by atoms with Gasteiger partial charge in [0.1, 0.15) is 6.61 Å². The Bertz CT molecular complexity index is 1150. The van der Waals surface area contributed by atoms with E-state index >= 15 is 0 Å². The molecule has 0 unspecified atom stereocenters. The Kier molecular flexibility index (Phi) is 8.43. The van der Waals surface area contributed by atoms with Crippen molar-refractivity contribution in [1.82, 2.24) is 5.43 Å². The van der Waals surface area contributed by atoms with Crippen LogP contribution in [0, 0.1) is 6.92 Å². The van der Waals surface area contributed by atoms with Crippen molar-refractivity contribution in [2.75, 3.05) is 11.9 Å². The monoisotopic (exact) mass is 465 g/mol. The van der Waals surface area contributed by atoms with Crippen LogP contribution in [0.2, 0.25) is 5.02 Å². The zero-order chi connectivity index (χ0) is 23.6. The van der Waals surface area contributed by atoms with Crippen LogP contribution >= 0.6 is 11.6 Å². The second kappa shape index (κ2) is 11.7. The van der Waals surface area contributed by atoms with Crippen LogP contribution in [-0.4, -0.2) is 24.6 Å². The molecular formula is C25H24ClN3O4. The maximum atomic E-state index is 12.1. The molecule has 0 fully saturated rings. The number of anilines is 1. The Balaban J connectivity index is 1.60. The third kappa shape index (κ3) is 6.82. The predicted molar refractivity (Wildman–Crippen MR) is 129 cm³/mol. The lowest BCUT2D eigenvalue weighted by Crippen LogP contribution is -2.32. The number of carbonyl (C=O) groups is 2. The van der Waals surface area contributed by atoms with Gasteiger partial charge in [-0.1, -0.05) is 48.0 Å². The van der Waals surface area contributed by atoms with E-state index in [2.05, 4.69) is 15.8 Å². The molecule has 0 atom stereocenters. The van der Waals surface area contributed by atoms with Crippen molar-refractivity contribution in [3.05, 3.63) is 88.4 Å². The molecule has 0 heterocycles. The first kappa shape index (κ1) is 23.8. The number of nitrogens with zero attached hydrogens (tertiary/aromatic N) is 1. The van der Waals surface area contributed by atoms with E-state index < -0.39 is 11.8 Å². The van der Waals surface area contributed by atoms with E-state index in [9.17, 15) is 9.59 Å². The topological polar surface area (TPSA) is 89.0 Å². The number of ether oxygens (including phenoxy) is 2. The van der Waals surface area contributed by atoms with Crippen LogP contribution in [0.4, 0.5) is 5.69 Å². The minimum absolute atomic E-state index is 0.408. The minimum atomic E-state index is -0.904. The quantitative estimate of drug-likeness (QED) is 0.286. The summed E-state index contributed by atoms with van der Waals surface area (Å²) >= 11 is 6.03. The van der Waals surface area contributed by atoms with Crippen molar-refractivity contribution in [3.8, 4) is 11.5 Å². The molecule has 3 rings (SSSR count). The second-order valence-corrected chi connectivity index (χ2v) is 7.39. The molecule has 0 aromatic heterocycles. The van der Waals surface area contributed by atoms with E-state index in [1.807, 2.05) is 37.3 Å². The molecule has 7 nitrogen and oxygen atoms in total. The van der Waals surface area contributed by atoms with E-state index in [1.54, 1.807) is 43.3 Å². The summed E-state index contributed by atoms with van der Waals surface area (Å²) in [6.07, 6.45) is 1.42. The molecule has 3 aromatic rings. The molecule has 0 aliphatic heterocycles. The number of halogens is 1. The average Bonchev–Trinajstić information content (AvgIpc) is 2.82. The number of hydrogen-bond acceptors (Lipinski definition) is 5. The number of rotatable bonds is 8. The molecule has 2 amide bonds. The number of benzene rings is 3. The van der Waals surface area contributed by atoms with Gasteiger partial charge in [0.25, 0.3) is 0 Å². The van der Waals surface area contributed by atoms with E-state index in [0.717, 1.165) is 5.56 Å². The van der Waals surface area contributed by atoms with E-state index in [0.29, 0.717) is 46.5 Å². The number of amides is 2. The second-order valence-electron chi connectivity index (χ2n) is 6.98. The van der Waals surface area contributed by atoms with Gasteiger partial charge in [-0.25, -0.2) is 5.43 Å². The summed E-state index contributed by atoms with van der Waals surface area (Å²) in [6, 6.07) is 20.1. The lowest BCUT2D eigenvalue weighted by molar-refractivity contribution is -0.136. The zero-order valence-electron chi connectivity index (χ0n) is 18.3. The predicted octanol–water partition coefficient (Wildman–Crippen LogP) is 4.71. The Morgan fingerprint density at radius 2 is 1.76 bits per heavy atom. The van der Waals surface area contributed by atoms with Gasteiger partial charge in [0.05, 0.1) is 12.8 Å². The Morgan fingerprint density at radius 1 is 0.970 bits per heavy atom. The smallest absolute Gasteiger partial charge is 0.329 e. The molecule has 170 valence electrons. The van der Waals surface area contributed by atoms with Gasteiger partial charge in [-0.05, 0) is 60.9 Å². The van der Waals surface area contributed by atoms with Gasteiger partial charge in [-0.15, -0.1) is 0 Å². The van der Waals surface area contributed by atoms with Crippen molar-refractivity contribution in [2.45, 2.75) is 20.5 Å². The molecule has 0 aliphatic rings. The highest BCUT2D eigenvalue weighted by Crippen LogP contribution is 2.29. The van der Waals surface area contributed by atoms with Crippen LogP contribution in [0.25, 0.3) is 0 Å². The standard InChI is InChI=1S/C25H24ClN3O4/c1-3-32-23-14-19(12-13-22(23)33-16-18-8-5-4-6-9-18)15-27-29-25(31)24(30)28-21-11-7-10-20(26)17(21)2/h4-15H,3,16H2,1-2H3,(H,28,30)(H,29,31). The van der Waals surface area contributed by atoms with Crippen LogP contribution in [0.3, 0.4) is 0 Å². The van der Waals surface area contributed by atoms with Crippen molar-refractivity contribution < 1.29 is 19.1 Å². The van der Waals surface area contributed by atoms with Gasteiger partial charge in [0.2, 0.25) is 0 Å². The lowest BCUT2D eigenvalue weighted by Gasteiger charge is -2.12. The molecule has 0 aliphatic carbocycles. The van der Waals surface area contributed by atoms with Crippen LogP contribution in [0.1, 0.15) is 23.6 Å². The Hall–Kier alpha value is -3.84. The molecule has 33 heavy (non-hydrogen) atoms. The molecular weight excluding hydrogens is 442 g/mol. The van der Waals surface area contributed by atoms with E-state index in [4.69, 9.17) is 21.1 Å². The number of hydrogen-bond donors (Lipinski definition) is 2. The third-order valence-electron chi connectivity index (χ3n) is 4.61. The summed E-state index contributed by atoms with van der Waals surface area (Å²) in [7, 11) is 0. The molecule has 8 heteroatoms. The van der Waals surface area contributed by atoms with Gasteiger partial charge in [-0.3, -0.25) is 9.59 Å². The first-order valence-corrected chi connectivity index (χ1v) is 10.7. The van der Waals surface area contributed by atoms with Gasteiger partial charge < -0.3 is 14.8 Å². The van der Waals surface area contributed by atoms with Crippen LogP contribution < -0.4 is 20.2 Å². The molecule has 0 saturated carbocycles. The Labute approximate surface area is 197 Å². The van der Waals surface area contributed by atoms with E-state index in [1.165, 1.54) is 6.21 Å². The van der Waals surface area contributed by atoms with Gasteiger partial charge in [0.15, 0.2) is 11.5 Å². The molecule has 2 N–H and O–H groups in total. The highest BCUT2D eigenvalue weighted by Gasteiger charge is 2.14. The number of carbonyl (C=O) groups excluding carboxylic acids is 2. The van der Waals surface area contributed by atoms with Crippen LogP contribution in [-0.2, 0) is 16.2 Å². The fourth-order valence-corrected chi connectivity index (χ4v) is 3.04. The SMILES string of the molecule is CCOc1cc(C=NNC(=O)C(=O)Nc2cccc(Cl)c2C)ccc1OCc1ccccc1. The fraction of sp³-hybridized carbons (Fsp3) is 0.160. The van der Waals surface area contributed by atoms with Crippen molar-refractivity contribution >= 4 is 35.3 Å². The molecule has 3 aromatic carbocycles. The third-order valence-corrected chi connectivity index (χ3v) is 5.02. The number of hydrazone groups is 1. The number of nitrogens with one attached hydrogen (secondary N) is 2. The summed E-state index contributed by atoms with van der Waals surface area (Å²) < 4.78 is 11.5. The highest BCUT2D eigenvalue weighted by molar-refractivity contribution is 6.40. The first-order valence-electron chi connectivity index (χ1n) is 10.3. The summed E-state index contributed by atoms with van der Waals surface area (Å²) in [4.78, 5) is 24.2. The van der Waals surface area contributed by atoms with Crippen molar-refractivity contribution in [3.63, 3.8) is 0 Å². The molecule has 0 saturated heterocycles. The van der Waals surface area contributed by atoms with Gasteiger partial charge in [0, 0.05) is 10.7 Å². The van der Waals surface area contributed by atoms with Gasteiger partial charge >= 0.3 is 11.8 Å². The minimum Gasteiger partial charge on any atom is -0.490 e. The van der Waals surface area contributed by atoms with Crippen LogP contribution in [0.15, 0.2) is 71.8 Å². The van der Waals surface area contributed by atoms with E-state index in [-0.39, 0.29) is 0 Å². The maximum absolute atomic E-state index is 12.1. The van der Waals surface area contributed by atoms with Crippen LogP contribution in [0.5, 0.6) is 11.5 Å². The normalized spacial score (nSPS) is 10.6. The zero-order valence-corrected chi connectivity index (χ0v) is 19.1. The molecule has 0 bridgehead atoms.